The summed E-state index contributed by atoms with van der Waals surface area (Å²) in [5.41, 5.74) is 3.17. The zero-order chi connectivity index (χ0) is 23.9. The summed E-state index contributed by atoms with van der Waals surface area (Å²) < 4.78 is 0. The first kappa shape index (κ1) is 32.4. The molecule has 1 heteroatoms. The van der Waals surface area contributed by atoms with E-state index in [9.17, 15) is 0 Å². The number of hydrogen-bond donors (Lipinski definition) is 0. The van der Waals surface area contributed by atoms with E-state index in [2.05, 4.69) is 67.5 Å². The van der Waals surface area contributed by atoms with E-state index in [-0.39, 0.29) is 6.13 Å². The van der Waals surface area contributed by atoms with Gasteiger partial charge in [0.25, 0.3) is 0 Å². The predicted molar refractivity (Wildman–Crippen MR) is 152 cm³/mol. The van der Waals surface area contributed by atoms with Crippen molar-refractivity contribution in [1.29, 1.82) is 0 Å². The van der Waals surface area contributed by atoms with Crippen LogP contribution in [0.3, 0.4) is 0 Å². The van der Waals surface area contributed by atoms with Crippen molar-refractivity contribution < 1.29 is 6.13 Å². The molecule has 0 amide bonds. The van der Waals surface area contributed by atoms with Gasteiger partial charge in [-0.05, 0) is 87.9 Å². The fourth-order valence-electron chi connectivity index (χ4n) is 5.05. The molecule has 4 aliphatic rings. The molecule has 0 nitrogen and oxygen atoms in total. The van der Waals surface area contributed by atoms with Crippen LogP contribution in [0.2, 0.25) is 0 Å². The van der Waals surface area contributed by atoms with Crippen LogP contribution in [-0.4, -0.2) is 0 Å². The highest BCUT2D eigenvalue weighted by atomic mass is 19.0. The highest BCUT2D eigenvalue weighted by molar-refractivity contribution is 5.02. The summed E-state index contributed by atoms with van der Waals surface area (Å²) >= 11 is 0. The van der Waals surface area contributed by atoms with Crippen molar-refractivity contribution in [2.45, 2.75) is 145 Å². The molecule has 0 spiro atoms. The lowest BCUT2D eigenvalue weighted by molar-refractivity contribution is 0.308. The molecule has 0 aromatic rings. The minimum Gasteiger partial charge on any atom is -0.269 e. The second-order valence-corrected chi connectivity index (χ2v) is 12.6. The second-order valence-electron chi connectivity index (χ2n) is 12.6. The maximum atomic E-state index is 2.37. The van der Waals surface area contributed by atoms with Gasteiger partial charge in [-0.25, -0.2) is 0 Å². The van der Waals surface area contributed by atoms with Gasteiger partial charge in [-0.3, -0.25) is 4.70 Å². The Morgan fingerprint density at radius 3 is 0.848 bits per heavy atom. The van der Waals surface area contributed by atoms with Gasteiger partial charge < -0.3 is 0 Å². The van der Waals surface area contributed by atoms with E-state index in [1.54, 1.807) is 11.1 Å². The molecule has 0 saturated heterocycles. The third-order valence-electron chi connectivity index (χ3n) is 8.41. The van der Waals surface area contributed by atoms with E-state index in [1.165, 1.54) is 89.9 Å². The Labute approximate surface area is 210 Å². The first-order valence-electron chi connectivity index (χ1n) is 14.5. The van der Waals surface area contributed by atoms with Gasteiger partial charge in [0.2, 0.25) is 0 Å². The van der Waals surface area contributed by atoms with E-state index in [1.807, 2.05) is 0 Å². The van der Waals surface area contributed by atoms with Gasteiger partial charge in [-0.2, -0.15) is 0 Å². The molecule has 2 saturated carbocycles. The Morgan fingerprint density at radius 1 is 0.455 bits per heavy atom. The van der Waals surface area contributed by atoms with Gasteiger partial charge in [0.1, 0.15) is 0 Å². The van der Waals surface area contributed by atoms with Crippen LogP contribution < -0.4 is 0 Å². The molecule has 4 aliphatic carbocycles. The van der Waals surface area contributed by atoms with E-state index < -0.39 is 0 Å². The van der Waals surface area contributed by atoms with Crippen molar-refractivity contribution in [2.75, 3.05) is 0 Å². The van der Waals surface area contributed by atoms with Crippen molar-refractivity contribution in [3.63, 3.8) is 0 Å². The summed E-state index contributed by atoms with van der Waals surface area (Å²) in [5.74, 6) is 5.96. The van der Waals surface area contributed by atoms with Crippen LogP contribution in [0, 0.1) is 35.5 Å². The van der Waals surface area contributed by atoms with E-state index in [4.69, 9.17) is 0 Å². The predicted octanol–water partition coefficient (Wildman–Crippen LogP) is 11.6. The van der Waals surface area contributed by atoms with Crippen LogP contribution >= 0.6 is 0 Å². The fourth-order valence-corrected chi connectivity index (χ4v) is 5.05. The standard InChI is InChI=1S/2C8H16.2C8H14.FH.H2/c4*1-7-3-5-8(2)6-4-7;;/h2*7-8H,3-6H2,1-2H3;2*3,8H,4-6H2,1-2H3;2*1H. The maximum Gasteiger partial charge on any atom is 0 e. The van der Waals surface area contributed by atoms with Crippen LogP contribution in [0.4, 0.5) is 4.70 Å². The smallest absolute Gasteiger partial charge is 0 e. The van der Waals surface area contributed by atoms with Crippen molar-refractivity contribution in [3.05, 3.63) is 23.3 Å². The summed E-state index contributed by atoms with van der Waals surface area (Å²) in [5, 5.41) is 0. The molecule has 0 bridgehead atoms. The average molecular weight is 467 g/mol. The van der Waals surface area contributed by atoms with Gasteiger partial charge in [0.15, 0.2) is 0 Å². The van der Waals surface area contributed by atoms with Gasteiger partial charge in [0, 0.05) is 1.43 Å². The molecule has 2 fully saturated rings. The summed E-state index contributed by atoms with van der Waals surface area (Å²) in [6.07, 6.45) is 24.6. The molecular weight excluding hydrogens is 403 g/mol. The average Bonchev–Trinajstić information content (AvgIpc) is 2.78. The summed E-state index contributed by atoms with van der Waals surface area (Å²) in [6.45, 7) is 18.6. The third-order valence-corrected chi connectivity index (χ3v) is 8.41. The molecule has 198 valence electrons. The van der Waals surface area contributed by atoms with Gasteiger partial charge >= 0.3 is 0 Å². The van der Waals surface area contributed by atoms with Crippen molar-refractivity contribution in [1.82, 2.24) is 0 Å². The normalized spacial score (nSPS) is 33.7. The molecule has 0 N–H and O–H groups in total. The fraction of sp³-hybridized carbons (Fsp3) is 0.875. The van der Waals surface area contributed by atoms with Gasteiger partial charge in [0.05, 0.1) is 0 Å². The molecular formula is C32H63F. The van der Waals surface area contributed by atoms with Crippen molar-refractivity contribution in [3.8, 4) is 0 Å². The van der Waals surface area contributed by atoms with Crippen molar-refractivity contribution in [2.24, 2.45) is 35.5 Å². The van der Waals surface area contributed by atoms with Gasteiger partial charge in [-0.15, -0.1) is 0 Å². The minimum atomic E-state index is 0. The SMILES string of the molecule is CC1=CCC(C)CC1.CC1=CCC(C)CC1.CC1CCC(C)CC1.CC1CCC(C)CC1.F.[HH]. The van der Waals surface area contributed by atoms with Crippen LogP contribution in [0.1, 0.15) is 147 Å². The first-order chi connectivity index (χ1) is 15.2. The highest BCUT2D eigenvalue weighted by Crippen LogP contribution is 2.28. The molecule has 0 aromatic carbocycles. The topological polar surface area (TPSA) is 0 Å². The van der Waals surface area contributed by atoms with E-state index in [0.717, 1.165) is 35.5 Å². The van der Waals surface area contributed by atoms with Crippen molar-refractivity contribution >= 4 is 0 Å². The molecule has 2 atom stereocenters. The minimum absolute atomic E-state index is 0. The lowest BCUT2D eigenvalue weighted by atomic mass is 9.84. The van der Waals surface area contributed by atoms with E-state index >= 15 is 0 Å². The molecule has 33 heavy (non-hydrogen) atoms. The largest absolute Gasteiger partial charge is 0.269 e. The van der Waals surface area contributed by atoms with E-state index in [0.29, 0.717) is 0 Å². The number of allylic oxidation sites excluding steroid dienone is 4. The Bertz CT molecular complexity index is 453. The second kappa shape index (κ2) is 18.7. The van der Waals surface area contributed by atoms with Crippen LogP contribution in [0.25, 0.3) is 0 Å². The molecule has 4 rings (SSSR count). The summed E-state index contributed by atoms with van der Waals surface area (Å²) in [6, 6.07) is 0. The Kier molecular flexibility index (Phi) is 18.4. The van der Waals surface area contributed by atoms with Crippen LogP contribution in [0.15, 0.2) is 23.3 Å². The molecule has 0 aromatic heterocycles. The monoisotopic (exact) mass is 466 g/mol. The maximum absolute atomic E-state index is 2.37. The van der Waals surface area contributed by atoms with Crippen LogP contribution in [0.5, 0.6) is 0 Å². The Hall–Kier alpha value is -0.590. The Balaban J connectivity index is 0. The number of hydrogen-bond acceptors (Lipinski definition) is 0. The molecule has 0 aliphatic heterocycles. The first-order valence-corrected chi connectivity index (χ1v) is 14.5. The number of halogens is 1. The van der Waals surface area contributed by atoms with Crippen LogP contribution in [-0.2, 0) is 0 Å². The quantitative estimate of drug-likeness (QED) is 0.311. The third kappa shape index (κ3) is 17.5. The lowest BCUT2D eigenvalue weighted by Crippen LogP contribution is -2.08. The highest BCUT2D eigenvalue weighted by Gasteiger charge is 2.14. The lowest BCUT2D eigenvalue weighted by Gasteiger charge is -2.22. The molecule has 0 heterocycles. The number of rotatable bonds is 0. The summed E-state index contributed by atoms with van der Waals surface area (Å²) in [7, 11) is 0. The summed E-state index contributed by atoms with van der Waals surface area (Å²) in [4.78, 5) is 0. The van der Waals surface area contributed by atoms with Gasteiger partial charge in [-0.1, -0.05) is 116 Å². The molecule has 0 radical (unpaired) electrons. The zero-order valence-corrected chi connectivity index (χ0v) is 23.9. The Morgan fingerprint density at radius 2 is 0.697 bits per heavy atom. The zero-order valence-electron chi connectivity index (χ0n) is 23.9. The molecule has 2 unspecified atom stereocenters.